The minimum atomic E-state index is 0.00569. The molecular formula is C15H23N3O2. The molecule has 0 bridgehead atoms. The second-order valence-electron chi connectivity index (χ2n) is 5.46. The first-order chi connectivity index (χ1) is 9.60. The molecule has 1 aromatic rings. The SMILES string of the molecule is Cc1c(N)cccc1NC(=O)CCN1CCC(CO)C1. The minimum absolute atomic E-state index is 0.00569. The molecule has 1 atom stereocenters. The van der Waals surface area contributed by atoms with Gasteiger partial charge in [0.2, 0.25) is 5.91 Å². The summed E-state index contributed by atoms with van der Waals surface area (Å²) in [6.07, 6.45) is 1.48. The molecule has 0 aliphatic carbocycles. The van der Waals surface area contributed by atoms with E-state index in [2.05, 4.69) is 10.2 Å². The number of benzene rings is 1. The molecule has 5 heteroatoms. The van der Waals surface area contributed by atoms with Crippen LogP contribution in [0.15, 0.2) is 18.2 Å². The molecule has 1 aliphatic rings. The number of nitrogen functional groups attached to an aromatic ring is 1. The summed E-state index contributed by atoms with van der Waals surface area (Å²) in [5, 5.41) is 12.0. The van der Waals surface area contributed by atoms with Crippen molar-refractivity contribution in [3.63, 3.8) is 0 Å². The molecule has 0 radical (unpaired) electrons. The van der Waals surface area contributed by atoms with E-state index in [9.17, 15) is 4.79 Å². The maximum atomic E-state index is 12.0. The second kappa shape index (κ2) is 6.72. The minimum Gasteiger partial charge on any atom is -0.398 e. The van der Waals surface area contributed by atoms with Gasteiger partial charge in [-0.3, -0.25) is 4.79 Å². The van der Waals surface area contributed by atoms with Gasteiger partial charge in [-0.25, -0.2) is 0 Å². The number of nitrogens with one attached hydrogen (secondary N) is 1. The van der Waals surface area contributed by atoms with Gasteiger partial charge >= 0.3 is 0 Å². The molecule has 1 unspecified atom stereocenters. The van der Waals surface area contributed by atoms with Crippen LogP contribution in [-0.4, -0.2) is 42.2 Å². The first-order valence-corrected chi connectivity index (χ1v) is 7.08. The van der Waals surface area contributed by atoms with Crippen molar-refractivity contribution in [2.24, 2.45) is 5.92 Å². The van der Waals surface area contributed by atoms with Gasteiger partial charge in [-0.2, -0.15) is 0 Å². The number of rotatable bonds is 5. The molecule has 20 heavy (non-hydrogen) atoms. The van der Waals surface area contributed by atoms with Crippen LogP contribution < -0.4 is 11.1 Å². The van der Waals surface area contributed by atoms with E-state index in [0.717, 1.165) is 37.3 Å². The number of hydrogen-bond acceptors (Lipinski definition) is 4. The van der Waals surface area contributed by atoms with E-state index in [0.29, 0.717) is 18.0 Å². The highest BCUT2D eigenvalue weighted by atomic mass is 16.3. The van der Waals surface area contributed by atoms with Crippen molar-refractivity contribution in [3.8, 4) is 0 Å². The topological polar surface area (TPSA) is 78.6 Å². The lowest BCUT2D eigenvalue weighted by Gasteiger charge is -2.15. The number of nitrogens with two attached hydrogens (primary N) is 1. The van der Waals surface area contributed by atoms with E-state index < -0.39 is 0 Å². The van der Waals surface area contributed by atoms with Gasteiger partial charge in [0, 0.05) is 37.5 Å². The van der Waals surface area contributed by atoms with Crippen LogP contribution >= 0.6 is 0 Å². The number of likely N-dealkylation sites (tertiary alicyclic amines) is 1. The monoisotopic (exact) mass is 277 g/mol. The van der Waals surface area contributed by atoms with Gasteiger partial charge in [-0.05, 0) is 43.5 Å². The van der Waals surface area contributed by atoms with E-state index >= 15 is 0 Å². The quantitative estimate of drug-likeness (QED) is 0.707. The number of nitrogens with zero attached hydrogens (tertiary/aromatic N) is 1. The predicted octanol–water partition coefficient (Wildman–Crippen LogP) is 1.22. The third kappa shape index (κ3) is 3.71. The molecule has 0 saturated carbocycles. The van der Waals surface area contributed by atoms with Crippen molar-refractivity contribution in [2.45, 2.75) is 19.8 Å². The van der Waals surface area contributed by atoms with Gasteiger partial charge in [0.15, 0.2) is 0 Å². The van der Waals surface area contributed by atoms with Crippen LogP contribution in [0.3, 0.4) is 0 Å². The third-order valence-corrected chi connectivity index (χ3v) is 3.93. The molecule has 0 spiro atoms. The summed E-state index contributed by atoms with van der Waals surface area (Å²) in [7, 11) is 0. The summed E-state index contributed by atoms with van der Waals surface area (Å²) in [6, 6.07) is 5.52. The lowest BCUT2D eigenvalue weighted by atomic mass is 10.1. The first kappa shape index (κ1) is 14.8. The van der Waals surface area contributed by atoms with Crippen LogP contribution in [0.5, 0.6) is 0 Å². The van der Waals surface area contributed by atoms with E-state index in [1.54, 1.807) is 0 Å². The standard InChI is InChI=1S/C15H23N3O2/c1-11-13(16)3-2-4-14(11)17-15(20)6-8-18-7-5-12(9-18)10-19/h2-4,12,19H,5-10,16H2,1H3,(H,17,20). The van der Waals surface area contributed by atoms with Crippen LogP contribution in [0.25, 0.3) is 0 Å². The van der Waals surface area contributed by atoms with Crippen molar-refractivity contribution < 1.29 is 9.90 Å². The number of carbonyl (C=O) groups is 1. The van der Waals surface area contributed by atoms with Gasteiger partial charge in [0.05, 0.1) is 0 Å². The molecular weight excluding hydrogens is 254 g/mol. The molecule has 2 rings (SSSR count). The number of aliphatic hydroxyl groups is 1. The fourth-order valence-corrected chi connectivity index (χ4v) is 2.53. The maximum absolute atomic E-state index is 12.0. The van der Waals surface area contributed by atoms with Crippen LogP contribution in [-0.2, 0) is 4.79 Å². The smallest absolute Gasteiger partial charge is 0.225 e. The van der Waals surface area contributed by atoms with E-state index in [1.807, 2.05) is 25.1 Å². The largest absolute Gasteiger partial charge is 0.398 e. The lowest BCUT2D eigenvalue weighted by molar-refractivity contribution is -0.116. The summed E-state index contributed by atoms with van der Waals surface area (Å²) in [6.45, 7) is 4.74. The second-order valence-corrected chi connectivity index (χ2v) is 5.46. The molecule has 1 aromatic carbocycles. The molecule has 1 amide bonds. The number of amides is 1. The number of anilines is 2. The van der Waals surface area contributed by atoms with Crippen LogP contribution in [0, 0.1) is 12.8 Å². The molecule has 5 nitrogen and oxygen atoms in total. The molecule has 110 valence electrons. The number of aliphatic hydroxyl groups excluding tert-OH is 1. The Morgan fingerprint density at radius 1 is 1.55 bits per heavy atom. The third-order valence-electron chi connectivity index (χ3n) is 3.93. The highest BCUT2D eigenvalue weighted by Crippen LogP contribution is 2.21. The zero-order chi connectivity index (χ0) is 14.5. The first-order valence-electron chi connectivity index (χ1n) is 7.08. The molecule has 0 aromatic heterocycles. The van der Waals surface area contributed by atoms with Gasteiger partial charge in [-0.15, -0.1) is 0 Å². The number of hydrogen-bond donors (Lipinski definition) is 3. The normalized spacial score (nSPS) is 19.2. The predicted molar refractivity (Wildman–Crippen MR) is 80.5 cm³/mol. The Hall–Kier alpha value is -1.59. The average molecular weight is 277 g/mol. The summed E-state index contributed by atoms with van der Waals surface area (Å²) < 4.78 is 0. The fraction of sp³-hybridized carbons (Fsp3) is 0.533. The summed E-state index contributed by atoms with van der Waals surface area (Å²) >= 11 is 0. The Labute approximate surface area is 119 Å². The van der Waals surface area contributed by atoms with E-state index in [4.69, 9.17) is 10.8 Å². The van der Waals surface area contributed by atoms with Gasteiger partial charge in [0.25, 0.3) is 0 Å². The molecule has 4 N–H and O–H groups in total. The van der Waals surface area contributed by atoms with Crippen LogP contribution in [0.2, 0.25) is 0 Å². The van der Waals surface area contributed by atoms with Crippen molar-refractivity contribution in [2.75, 3.05) is 37.3 Å². The van der Waals surface area contributed by atoms with Gasteiger partial charge in [0.1, 0.15) is 0 Å². The zero-order valence-electron chi connectivity index (χ0n) is 11.9. The molecule has 1 heterocycles. The Morgan fingerprint density at radius 3 is 3.05 bits per heavy atom. The van der Waals surface area contributed by atoms with Crippen molar-refractivity contribution in [1.82, 2.24) is 4.90 Å². The molecule has 1 fully saturated rings. The number of carbonyl (C=O) groups excluding carboxylic acids is 1. The average Bonchev–Trinajstić information content (AvgIpc) is 2.90. The van der Waals surface area contributed by atoms with E-state index in [1.165, 1.54) is 0 Å². The Bertz CT molecular complexity index is 476. The zero-order valence-corrected chi connectivity index (χ0v) is 11.9. The lowest BCUT2D eigenvalue weighted by Crippen LogP contribution is -2.26. The van der Waals surface area contributed by atoms with Crippen LogP contribution in [0.4, 0.5) is 11.4 Å². The van der Waals surface area contributed by atoms with Crippen molar-refractivity contribution in [3.05, 3.63) is 23.8 Å². The van der Waals surface area contributed by atoms with E-state index in [-0.39, 0.29) is 12.5 Å². The Balaban J connectivity index is 1.80. The summed E-state index contributed by atoms with van der Waals surface area (Å²) in [4.78, 5) is 14.2. The fourth-order valence-electron chi connectivity index (χ4n) is 2.53. The van der Waals surface area contributed by atoms with Crippen LogP contribution in [0.1, 0.15) is 18.4 Å². The Kier molecular flexibility index (Phi) is 4.98. The van der Waals surface area contributed by atoms with Gasteiger partial charge < -0.3 is 21.1 Å². The summed E-state index contributed by atoms with van der Waals surface area (Å²) in [5.41, 5.74) is 8.19. The summed E-state index contributed by atoms with van der Waals surface area (Å²) in [5.74, 6) is 0.375. The Morgan fingerprint density at radius 2 is 2.35 bits per heavy atom. The highest BCUT2D eigenvalue weighted by Gasteiger charge is 2.21. The van der Waals surface area contributed by atoms with Crippen molar-refractivity contribution >= 4 is 17.3 Å². The molecule has 1 aliphatic heterocycles. The van der Waals surface area contributed by atoms with Gasteiger partial charge in [-0.1, -0.05) is 6.07 Å². The highest BCUT2D eigenvalue weighted by molar-refractivity contribution is 5.92. The maximum Gasteiger partial charge on any atom is 0.225 e. The van der Waals surface area contributed by atoms with Crippen molar-refractivity contribution in [1.29, 1.82) is 0 Å². The molecule has 1 saturated heterocycles.